The third-order valence-electron chi connectivity index (χ3n) is 6.31. The Labute approximate surface area is 229 Å². The fraction of sp³-hybridized carbons (Fsp3) is 0.167. The van der Waals surface area contributed by atoms with Crippen LogP contribution in [0.25, 0.3) is 28.0 Å². The molecule has 1 N–H and O–H groups in total. The fourth-order valence-corrected chi connectivity index (χ4v) is 5.13. The molecule has 5 aromatic rings. The van der Waals surface area contributed by atoms with Crippen LogP contribution in [-0.4, -0.2) is 49.0 Å². The van der Waals surface area contributed by atoms with E-state index in [2.05, 4.69) is 0 Å². The molecule has 39 heavy (non-hydrogen) atoms. The number of para-hydroxylation sites is 1. The highest BCUT2D eigenvalue weighted by Gasteiger charge is 2.27. The van der Waals surface area contributed by atoms with Gasteiger partial charge in [0, 0.05) is 17.5 Å². The van der Waals surface area contributed by atoms with Crippen LogP contribution in [0.4, 0.5) is 0 Å². The number of aromatic nitrogens is 4. The number of methoxy groups -OCH3 is 1. The molecular formula is C30H26N4O4S. The highest BCUT2D eigenvalue weighted by molar-refractivity contribution is 8.00. The van der Waals surface area contributed by atoms with Crippen molar-refractivity contribution in [3.8, 4) is 22.7 Å². The number of carbonyl (C=O) groups is 2. The van der Waals surface area contributed by atoms with Gasteiger partial charge in [-0.15, -0.1) is 0 Å². The van der Waals surface area contributed by atoms with Gasteiger partial charge in [-0.25, -0.2) is 14.6 Å². The molecule has 0 spiro atoms. The largest absolute Gasteiger partial charge is 0.497 e. The first-order valence-corrected chi connectivity index (χ1v) is 13.2. The van der Waals surface area contributed by atoms with Crippen molar-refractivity contribution < 1.29 is 19.4 Å². The van der Waals surface area contributed by atoms with Gasteiger partial charge in [-0.3, -0.25) is 9.59 Å². The number of thioether (sulfide) groups is 1. The van der Waals surface area contributed by atoms with E-state index >= 15 is 0 Å². The normalized spacial score (nSPS) is 11.9. The first-order valence-electron chi connectivity index (χ1n) is 12.3. The average Bonchev–Trinajstić information content (AvgIpc) is 3.29. The zero-order valence-electron chi connectivity index (χ0n) is 21.7. The molecule has 0 radical (unpaired) electrons. The van der Waals surface area contributed by atoms with E-state index in [1.54, 1.807) is 23.9 Å². The Bertz CT molecular complexity index is 1650. The van der Waals surface area contributed by atoms with Crippen molar-refractivity contribution in [1.82, 2.24) is 19.7 Å². The van der Waals surface area contributed by atoms with Gasteiger partial charge in [0.2, 0.25) is 0 Å². The summed E-state index contributed by atoms with van der Waals surface area (Å²) in [5.74, 6) is -0.657. The van der Waals surface area contributed by atoms with Crippen molar-refractivity contribution >= 4 is 34.5 Å². The zero-order valence-corrected chi connectivity index (χ0v) is 22.5. The number of Topliss-reactive ketones (excluding diaryl/α,β-unsaturated/α-hetero) is 1. The number of carboxylic acids is 1. The lowest BCUT2D eigenvalue weighted by Gasteiger charge is -2.13. The molecule has 0 bridgehead atoms. The maximum atomic E-state index is 12.9. The summed E-state index contributed by atoms with van der Waals surface area (Å²) >= 11 is 0.959. The van der Waals surface area contributed by atoms with Gasteiger partial charge in [0.15, 0.2) is 16.6 Å². The highest BCUT2D eigenvalue weighted by Crippen LogP contribution is 2.34. The second-order valence-electron chi connectivity index (χ2n) is 9.05. The topological polar surface area (TPSA) is 107 Å². The molecule has 0 saturated heterocycles. The lowest BCUT2D eigenvalue weighted by Crippen LogP contribution is -2.21. The minimum absolute atomic E-state index is 0.195. The number of aryl methyl sites for hydroxylation is 2. The molecular weight excluding hydrogens is 512 g/mol. The van der Waals surface area contributed by atoms with Crippen LogP contribution in [0.5, 0.6) is 5.75 Å². The molecule has 8 nitrogen and oxygen atoms in total. The number of ketones is 1. The van der Waals surface area contributed by atoms with Crippen LogP contribution in [0.2, 0.25) is 0 Å². The summed E-state index contributed by atoms with van der Waals surface area (Å²) < 4.78 is 7.04. The fourth-order valence-electron chi connectivity index (χ4n) is 4.25. The molecule has 9 heteroatoms. The molecule has 196 valence electrons. The van der Waals surface area contributed by atoms with Crippen molar-refractivity contribution in [2.24, 2.45) is 0 Å². The van der Waals surface area contributed by atoms with Crippen molar-refractivity contribution in [1.29, 1.82) is 0 Å². The van der Waals surface area contributed by atoms with Crippen molar-refractivity contribution in [2.45, 2.75) is 30.7 Å². The first-order chi connectivity index (χ1) is 18.8. The standard InChI is InChI=1S/C30H26N4O4S/c1-18-9-11-20(12-10-18)24(35)17-25(29(36)37)39-30-31-27(21-13-15-23(38-3)16-14-21)26-19(2)33-34(28(26)32-30)22-7-5-4-6-8-22/h4-16,25H,17H2,1-3H3,(H,36,37). The summed E-state index contributed by atoms with van der Waals surface area (Å²) in [5, 5.41) is 14.7. The molecule has 0 aliphatic rings. The number of benzene rings is 3. The summed E-state index contributed by atoms with van der Waals surface area (Å²) in [5.41, 5.74) is 5.03. The smallest absolute Gasteiger partial charge is 0.317 e. The molecule has 3 aromatic carbocycles. The lowest BCUT2D eigenvalue weighted by atomic mass is 10.1. The average molecular weight is 539 g/mol. The van der Waals surface area contributed by atoms with Crippen LogP contribution in [0, 0.1) is 13.8 Å². The number of carboxylic acid groups (broad SMARTS) is 1. The molecule has 0 aliphatic heterocycles. The summed E-state index contributed by atoms with van der Waals surface area (Å²) in [6.45, 7) is 3.82. The zero-order chi connectivity index (χ0) is 27.5. The maximum absolute atomic E-state index is 12.9. The Kier molecular flexibility index (Phi) is 7.42. The van der Waals surface area contributed by atoms with Crippen molar-refractivity contribution in [3.63, 3.8) is 0 Å². The molecule has 0 aliphatic carbocycles. The highest BCUT2D eigenvalue weighted by atomic mass is 32.2. The predicted octanol–water partition coefficient (Wildman–Crippen LogP) is 5.93. The minimum atomic E-state index is -1.11. The van der Waals surface area contributed by atoms with Crippen LogP contribution in [-0.2, 0) is 4.79 Å². The number of hydrogen-bond acceptors (Lipinski definition) is 7. The number of hydrogen-bond donors (Lipinski definition) is 1. The van der Waals surface area contributed by atoms with Gasteiger partial charge in [0.05, 0.1) is 29.6 Å². The maximum Gasteiger partial charge on any atom is 0.317 e. The third-order valence-corrected chi connectivity index (χ3v) is 7.36. The van der Waals surface area contributed by atoms with E-state index in [4.69, 9.17) is 19.8 Å². The first kappa shape index (κ1) is 26.1. The minimum Gasteiger partial charge on any atom is -0.497 e. The van der Waals surface area contributed by atoms with Crippen molar-refractivity contribution in [3.05, 3.63) is 95.7 Å². The summed E-state index contributed by atoms with van der Waals surface area (Å²) in [4.78, 5) is 34.7. The van der Waals surface area contributed by atoms with Gasteiger partial charge in [-0.1, -0.05) is 59.8 Å². The van der Waals surface area contributed by atoms with Gasteiger partial charge < -0.3 is 9.84 Å². The number of rotatable bonds is 9. The quantitative estimate of drug-likeness (QED) is 0.140. The van der Waals surface area contributed by atoms with Crippen LogP contribution < -0.4 is 4.74 Å². The van der Waals surface area contributed by atoms with Crippen LogP contribution in [0.15, 0.2) is 84.0 Å². The lowest BCUT2D eigenvalue weighted by molar-refractivity contribution is -0.136. The van der Waals surface area contributed by atoms with Gasteiger partial charge in [-0.2, -0.15) is 5.10 Å². The monoisotopic (exact) mass is 538 g/mol. The third kappa shape index (κ3) is 5.53. The Morgan fingerprint density at radius 3 is 2.28 bits per heavy atom. The summed E-state index contributed by atoms with van der Waals surface area (Å²) in [6, 6.07) is 24.2. The van der Waals surface area contributed by atoms with Crippen molar-refractivity contribution in [2.75, 3.05) is 7.11 Å². The van der Waals surface area contributed by atoms with E-state index in [-0.39, 0.29) is 17.4 Å². The number of nitrogens with zero attached hydrogens (tertiary/aromatic N) is 4. The molecule has 0 fully saturated rings. The molecule has 2 aromatic heterocycles. The van der Waals surface area contributed by atoms with Gasteiger partial charge in [0.25, 0.3) is 0 Å². The van der Waals surface area contributed by atoms with E-state index in [9.17, 15) is 14.7 Å². The number of fused-ring (bicyclic) bond motifs is 1. The van der Waals surface area contributed by atoms with E-state index in [1.165, 1.54) is 0 Å². The Hall–Kier alpha value is -4.50. The number of aliphatic carboxylic acids is 1. The Morgan fingerprint density at radius 2 is 1.64 bits per heavy atom. The SMILES string of the molecule is COc1ccc(-c2nc(SC(CC(=O)c3ccc(C)cc3)C(=O)O)nc3c2c(C)nn3-c2ccccc2)cc1. The number of carbonyl (C=O) groups excluding carboxylic acids is 1. The second-order valence-corrected chi connectivity index (χ2v) is 10.2. The molecule has 2 heterocycles. The summed E-state index contributed by atoms with van der Waals surface area (Å²) in [7, 11) is 1.60. The summed E-state index contributed by atoms with van der Waals surface area (Å²) in [6.07, 6.45) is -0.195. The molecule has 0 saturated carbocycles. The Morgan fingerprint density at radius 1 is 0.949 bits per heavy atom. The number of ether oxygens (including phenoxy) is 1. The van der Waals surface area contributed by atoms with E-state index in [0.717, 1.165) is 39.7 Å². The van der Waals surface area contributed by atoms with E-state index in [1.807, 2.05) is 80.6 Å². The molecule has 5 rings (SSSR count). The van der Waals surface area contributed by atoms with Crippen LogP contribution >= 0.6 is 11.8 Å². The molecule has 1 unspecified atom stereocenters. The van der Waals surface area contributed by atoms with Gasteiger partial charge in [-0.05, 0) is 50.2 Å². The molecule has 0 amide bonds. The predicted molar refractivity (Wildman–Crippen MR) is 151 cm³/mol. The molecule has 1 atom stereocenters. The van der Waals surface area contributed by atoms with Crippen LogP contribution in [0.1, 0.15) is 28.0 Å². The van der Waals surface area contributed by atoms with Gasteiger partial charge >= 0.3 is 5.97 Å². The Balaban J connectivity index is 1.59. The second kappa shape index (κ2) is 11.1. The van der Waals surface area contributed by atoms with Gasteiger partial charge in [0.1, 0.15) is 11.0 Å². The van der Waals surface area contributed by atoms with Crippen LogP contribution in [0.3, 0.4) is 0 Å². The van der Waals surface area contributed by atoms with E-state index < -0.39 is 11.2 Å². The van der Waals surface area contributed by atoms with E-state index in [0.29, 0.717) is 22.7 Å².